The van der Waals surface area contributed by atoms with Gasteiger partial charge >= 0.3 is 12.0 Å². The highest BCUT2D eigenvalue weighted by Crippen LogP contribution is 2.21. The maximum Gasteiger partial charge on any atom is 0.319 e. The fraction of sp³-hybridized carbons (Fsp3) is 0.467. The standard InChI is InChI=1S/C15H20F2N2O3/c1-4-22-14(20)9(2)10(3)18-15(21)19-12-7-5-6-11(8-12)13(16)17/h5-10,13H,4H2,1-3H3,(H2,18,19,21)/t9-,10-/m0/s1. The number of nitrogens with one attached hydrogen (secondary N) is 2. The van der Waals surface area contributed by atoms with Gasteiger partial charge in [-0.1, -0.05) is 12.1 Å². The SMILES string of the molecule is CCOC(=O)[C@@H](C)[C@H](C)NC(=O)Nc1cccc(C(F)F)c1. The second kappa shape index (κ2) is 8.31. The second-order valence-corrected chi connectivity index (χ2v) is 4.85. The minimum atomic E-state index is -2.60. The van der Waals surface area contributed by atoms with Crippen LogP contribution in [0.25, 0.3) is 0 Å². The Bertz CT molecular complexity index is 523. The van der Waals surface area contributed by atoms with Gasteiger partial charge in [-0.2, -0.15) is 0 Å². The maximum atomic E-state index is 12.6. The van der Waals surface area contributed by atoms with Crippen LogP contribution in [-0.2, 0) is 9.53 Å². The van der Waals surface area contributed by atoms with E-state index in [1.807, 2.05) is 0 Å². The van der Waals surface area contributed by atoms with Crippen molar-refractivity contribution in [2.45, 2.75) is 33.2 Å². The van der Waals surface area contributed by atoms with Crippen molar-refractivity contribution in [2.75, 3.05) is 11.9 Å². The van der Waals surface area contributed by atoms with E-state index in [4.69, 9.17) is 4.74 Å². The van der Waals surface area contributed by atoms with E-state index in [0.717, 1.165) is 0 Å². The molecule has 0 unspecified atom stereocenters. The predicted molar refractivity (Wildman–Crippen MR) is 78.8 cm³/mol. The molecule has 1 aromatic carbocycles. The maximum absolute atomic E-state index is 12.6. The lowest BCUT2D eigenvalue weighted by Crippen LogP contribution is -2.42. The molecular weight excluding hydrogens is 294 g/mol. The molecule has 1 rings (SSSR count). The van der Waals surface area contributed by atoms with Crippen LogP contribution >= 0.6 is 0 Å². The molecule has 0 saturated carbocycles. The summed E-state index contributed by atoms with van der Waals surface area (Å²) in [5.41, 5.74) is 0.0806. The van der Waals surface area contributed by atoms with Crippen molar-refractivity contribution in [3.8, 4) is 0 Å². The molecule has 0 spiro atoms. The number of hydrogen-bond donors (Lipinski definition) is 2. The van der Waals surface area contributed by atoms with E-state index in [0.29, 0.717) is 0 Å². The Morgan fingerprint density at radius 3 is 2.55 bits per heavy atom. The average Bonchev–Trinajstić information content (AvgIpc) is 2.46. The van der Waals surface area contributed by atoms with Crippen molar-refractivity contribution in [1.29, 1.82) is 0 Å². The Morgan fingerprint density at radius 1 is 1.27 bits per heavy atom. The molecule has 22 heavy (non-hydrogen) atoms. The smallest absolute Gasteiger partial charge is 0.319 e. The first-order valence-corrected chi connectivity index (χ1v) is 6.97. The molecule has 0 fully saturated rings. The van der Waals surface area contributed by atoms with Crippen LogP contribution in [0, 0.1) is 5.92 Å². The van der Waals surface area contributed by atoms with Crippen molar-refractivity contribution in [3.05, 3.63) is 29.8 Å². The minimum absolute atomic E-state index is 0.175. The van der Waals surface area contributed by atoms with Gasteiger partial charge in [-0.15, -0.1) is 0 Å². The Hall–Kier alpha value is -2.18. The molecule has 0 aromatic heterocycles. The van der Waals surface area contributed by atoms with Gasteiger partial charge in [-0.3, -0.25) is 4.79 Å². The topological polar surface area (TPSA) is 67.4 Å². The van der Waals surface area contributed by atoms with E-state index in [9.17, 15) is 18.4 Å². The third kappa shape index (κ3) is 5.31. The zero-order chi connectivity index (χ0) is 16.7. The van der Waals surface area contributed by atoms with Gasteiger partial charge in [0, 0.05) is 17.3 Å². The first-order valence-electron chi connectivity index (χ1n) is 6.97. The van der Waals surface area contributed by atoms with Crippen LogP contribution in [0.4, 0.5) is 19.3 Å². The lowest BCUT2D eigenvalue weighted by Gasteiger charge is -2.20. The first kappa shape index (κ1) is 17.9. The van der Waals surface area contributed by atoms with Crippen LogP contribution in [0.2, 0.25) is 0 Å². The van der Waals surface area contributed by atoms with Crippen molar-refractivity contribution < 1.29 is 23.1 Å². The van der Waals surface area contributed by atoms with Gasteiger partial charge in [0.1, 0.15) is 0 Å². The quantitative estimate of drug-likeness (QED) is 0.791. The van der Waals surface area contributed by atoms with Gasteiger partial charge < -0.3 is 15.4 Å². The molecular formula is C15H20F2N2O3. The van der Waals surface area contributed by atoms with Crippen LogP contribution in [0.15, 0.2) is 24.3 Å². The number of amides is 2. The fourth-order valence-electron chi connectivity index (χ4n) is 1.73. The van der Waals surface area contributed by atoms with Crippen LogP contribution in [0.5, 0.6) is 0 Å². The summed E-state index contributed by atoms with van der Waals surface area (Å²) in [4.78, 5) is 23.4. The van der Waals surface area contributed by atoms with Gasteiger partial charge in [0.25, 0.3) is 6.43 Å². The number of carbonyl (C=O) groups is 2. The molecule has 2 atom stereocenters. The summed E-state index contributed by atoms with van der Waals surface area (Å²) in [6, 6.07) is 4.38. The summed E-state index contributed by atoms with van der Waals surface area (Å²) < 4.78 is 30.0. The third-order valence-corrected chi connectivity index (χ3v) is 3.16. The molecule has 0 aliphatic heterocycles. The Labute approximate surface area is 128 Å². The van der Waals surface area contributed by atoms with Crippen molar-refractivity contribution in [2.24, 2.45) is 5.92 Å². The number of ether oxygens (including phenoxy) is 1. The number of anilines is 1. The van der Waals surface area contributed by atoms with Crippen LogP contribution < -0.4 is 10.6 Å². The molecule has 122 valence electrons. The van der Waals surface area contributed by atoms with Gasteiger partial charge in [-0.05, 0) is 32.9 Å². The van der Waals surface area contributed by atoms with Crippen LogP contribution in [-0.4, -0.2) is 24.6 Å². The monoisotopic (exact) mass is 314 g/mol. The molecule has 0 heterocycles. The largest absolute Gasteiger partial charge is 0.466 e. The van der Waals surface area contributed by atoms with Crippen molar-refractivity contribution >= 4 is 17.7 Å². The summed E-state index contributed by atoms with van der Waals surface area (Å²) >= 11 is 0. The summed E-state index contributed by atoms with van der Waals surface area (Å²) in [7, 11) is 0. The van der Waals surface area contributed by atoms with Crippen molar-refractivity contribution in [1.82, 2.24) is 5.32 Å². The summed E-state index contributed by atoms with van der Waals surface area (Å²) in [5.74, 6) is -0.923. The number of benzene rings is 1. The van der Waals surface area contributed by atoms with E-state index >= 15 is 0 Å². The predicted octanol–water partition coefficient (Wildman–Crippen LogP) is 3.33. The van der Waals surface area contributed by atoms with E-state index in [2.05, 4.69) is 10.6 Å². The van der Waals surface area contributed by atoms with Crippen LogP contribution in [0.1, 0.15) is 32.8 Å². The molecule has 2 N–H and O–H groups in total. The number of alkyl halides is 2. The molecule has 5 nitrogen and oxygen atoms in total. The van der Waals surface area contributed by atoms with Crippen molar-refractivity contribution in [3.63, 3.8) is 0 Å². The highest BCUT2D eigenvalue weighted by atomic mass is 19.3. The Balaban J connectivity index is 2.59. The highest BCUT2D eigenvalue weighted by Gasteiger charge is 2.22. The first-order chi connectivity index (χ1) is 10.3. The fourth-order valence-corrected chi connectivity index (χ4v) is 1.73. The van der Waals surface area contributed by atoms with Gasteiger partial charge in [-0.25, -0.2) is 13.6 Å². The minimum Gasteiger partial charge on any atom is -0.466 e. The summed E-state index contributed by atoms with van der Waals surface area (Å²) in [5, 5.41) is 5.04. The molecule has 7 heteroatoms. The average molecular weight is 314 g/mol. The summed E-state index contributed by atoms with van der Waals surface area (Å²) in [6.07, 6.45) is -2.60. The van der Waals surface area contributed by atoms with Crippen LogP contribution in [0.3, 0.4) is 0 Å². The molecule has 0 radical (unpaired) electrons. The number of halogens is 2. The molecule has 0 bridgehead atoms. The molecule has 0 aliphatic carbocycles. The van der Waals surface area contributed by atoms with Gasteiger partial charge in [0.05, 0.1) is 12.5 Å². The normalized spacial score (nSPS) is 13.4. The number of hydrogen-bond acceptors (Lipinski definition) is 3. The lowest BCUT2D eigenvalue weighted by molar-refractivity contribution is -0.148. The Morgan fingerprint density at radius 2 is 1.95 bits per heavy atom. The zero-order valence-corrected chi connectivity index (χ0v) is 12.7. The van der Waals surface area contributed by atoms with E-state index in [1.54, 1.807) is 20.8 Å². The number of urea groups is 1. The second-order valence-electron chi connectivity index (χ2n) is 4.85. The number of rotatable bonds is 6. The molecule has 0 saturated heterocycles. The number of esters is 1. The highest BCUT2D eigenvalue weighted by molar-refractivity contribution is 5.90. The number of carbonyl (C=O) groups excluding carboxylic acids is 2. The van der Waals surface area contributed by atoms with E-state index < -0.39 is 30.4 Å². The zero-order valence-electron chi connectivity index (χ0n) is 12.7. The lowest BCUT2D eigenvalue weighted by atomic mass is 10.0. The summed E-state index contributed by atoms with van der Waals surface area (Å²) in [6.45, 7) is 5.27. The van der Waals surface area contributed by atoms with E-state index in [1.165, 1.54) is 24.3 Å². The third-order valence-electron chi connectivity index (χ3n) is 3.16. The Kier molecular flexibility index (Phi) is 6.75. The van der Waals surface area contributed by atoms with Gasteiger partial charge in [0.2, 0.25) is 0 Å². The van der Waals surface area contributed by atoms with E-state index in [-0.39, 0.29) is 17.9 Å². The molecule has 2 amide bonds. The molecule has 0 aliphatic rings. The molecule has 1 aromatic rings. The van der Waals surface area contributed by atoms with Gasteiger partial charge in [0.15, 0.2) is 0 Å².